The second-order valence-electron chi connectivity index (χ2n) is 4.61. The van der Waals surface area contributed by atoms with Gasteiger partial charge >= 0.3 is 5.82 Å². The highest BCUT2D eigenvalue weighted by Gasteiger charge is 2.25. The number of morpholine rings is 1. The summed E-state index contributed by atoms with van der Waals surface area (Å²) in [6.07, 6.45) is -0.0491. The molecule has 0 saturated carbocycles. The SMILES string of the molecule is CN(c1oc(=O)oc1-c1ccccc1)C1COCCN1. The van der Waals surface area contributed by atoms with E-state index >= 15 is 0 Å². The highest BCUT2D eigenvalue weighted by Crippen LogP contribution is 2.30. The van der Waals surface area contributed by atoms with E-state index in [1.54, 1.807) is 0 Å². The van der Waals surface area contributed by atoms with Crippen molar-refractivity contribution in [1.29, 1.82) is 0 Å². The molecule has 106 valence electrons. The summed E-state index contributed by atoms with van der Waals surface area (Å²) in [4.78, 5) is 13.3. The maximum atomic E-state index is 11.5. The highest BCUT2D eigenvalue weighted by molar-refractivity contribution is 5.68. The quantitative estimate of drug-likeness (QED) is 0.911. The third-order valence-electron chi connectivity index (χ3n) is 3.29. The molecule has 1 saturated heterocycles. The molecule has 1 N–H and O–H groups in total. The molecule has 0 bridgehead atoms. The minimum atomic E-state index is -0.706. The summed E-state index contributed by atoms with van der Waals surface area (Å²) in [5.41, 5.74) is 0.803. The molecule has 1 atom stereocenters. The summed E-state index contributed by atoms with van der Waals surface area (Å²) in [6, 6.07) is 9.41. The molecule has 1 aliphatic rings. The minimum Gasteiger partial charge on any atom is -0.388 e. The van der Waals surface area contributed by atoms with Crippen molar-refractivity contribution in [3.05, 3.63) is 40.9 Å². The Labute approximate surface area is 115 Å². The zero-order chi connectivity index (χ0) is 13.9. The summed E-state index contributed by atoms with van der Waals surface area (Å²) in [5, 5.41) is 3.30. The van der Waals surface area contributed by atoms with Crippen LogP contribution in [0.3, 0.4) is 0 Å². The van der Waals surface area contributed by atoms with Gasteiger partial charge in [0.05, 0.1) is 13.2 Å². The van der Waals surface area contributed by atoms with E-state index in [1.165, 1.54) is 0 Å². The number of nitrogens with zero attached hydrogens (tertiary/aromatic N) is 1. The lowest BCUT2D eigenvalue weighted by Gasteiger charge is -2.31. The summed E-state index contributed by atoms with van der Waals surface area (Å²) >= 11 is 0. The van der Waals surface area contributed by atoms with Crippen LogP contribution in [0.15, 0.2) is 44.0 Å². The van der Waals surface area contributed by atoms with Gasteiger partial charge in [-0.05, 0) is 0 Å². The molecule has 0 aliphatic carbocycles. The predicted octanol–water partition coefficient (Wildman–Crippen LogP) is 1.28. The number of nitrogens with one attached hydrogen (secondary N) is 1. The average Bonchev–Trinajstić information content (AvgIpc) is 2.90. The second kappa shape index (κ2) is 5.52. The Morgan fingerprint density at radius 2 is 2.05 bits per heavy atom. The van der Waals surface area contributed by atoms with E-state index in [-0.39, 0.29) is 6.17 Å². The van der Waals surface area contributed by atoms with Crippen LogP contribution in [0.5, 0.6) is 0 Å². The highest BCUT2D eigenvalue weighted by atomic mass is 16.6. The second-order valence-corrected chi connectivity index (χ2v) is 4.61. The van der Waals surface area contributed by atoms with Gasteiger partial charge in [-0.3, -0.25) is 5.32 Å². The normalized spacial score (nSPS) is 18.9. The standard InChI is InChI=1S/C14H16N2O4/c1-16(11-9-18-8-7-15-11)13-12(19-14(17)20-13)10-5-3-2-4-6-10/h2-6,11,15H,7-9H2,1H3. The fourth-order valence-electron chi connectivity index (χ4n) is 2.22. The molecule has 0 radical (unpaired) electrons. The van der Waals surface area contributed by atoms with Gasteiger partial charge in [-0.1, -0.05) is 30.3 Å². The van der Waals surface area contributed by atoms with Crippen LogP contribution in [0.2, 0.25) is 0 Å². The van der Waals surface area contributed by atoms with Gasteiger partial charge in [0.25, 0.3) is 0 Å². The molecule has 1 unspecified atom stereocenters. The number of hydrogen-bond donors (Lipinski definition) is 1. The topological polar surface area (TPSA) is 67.9 Å². The fourth-order valence-corrected chi connectivity index (χ4v) is 2.22. The van der Waals surface area contributed by atoms with Crippen molar-refractivity contribution in [1.82, 2.24) is 5.32 Å². The van der Waals surface area contributed by atoms with E-state index in [9.17, 15) is 4.79 Å². The van der Waals surface area contributed by atoms with Gasteiger partial charge in [-0.2, -0.15) is 0 Å². The van der Waals surface area contributed by atoms with Crippen molar-refractivity contribution in [2.75, 3.05) is 31.7 Å². The zero-order valence-corrected chi connectivity index (χ0v) is 11.2. The molecule has 2 heterocycles. The zero-order valence-electron chi connectivity index (χ0n) is 11.2. The third kappa shape index (κ3) is 2.48. The van der Waals surface area contributed by atoms with Crippen LogP contribution < -0.4 is 16.0 Å². The smallest absolute Gasteiger partial charge is 0.388 e. The van der Waals surface area contributed by atoms with Crippen LogP contribution in [-0.4, -0.2) is 33.0 Å². The van der Waals surface area contributed by atoms with Gasteiger partial charge in [-0.15, -0.1) is 0 Å². The van der Waals surface area contributed by atoms with Crippen molar-refractivity contribution in [3.8, 4) is 11.3 Å². The molecule has 1 aliphatic heterocycles. The van der Waals surface area contributed by atoms with Crippen molar-refractivity contribution >= 4 is 5.88 Å². The Balaban J connectivity index is 1.95. The van der Waals surface area contributed by atoms with E-state index in [0.29, 0.717) is 24.9 Å². The monoisotopic (exact) mass is 276 g/mol. The van der Waals surface area contributed by atoms with Crippen LogP contribution in [0.25, 0.3) is 11.3 Å². The largest absolute Gasteiger partial charge is 0.521 e. The Kier molecular flexibility index (Phi) is 3.58. The lowest BCUT2D eigenvalue weighted by atomic mass is 10.2. The Morgan fingerprint density at radius 1 is 1.25 bits per heavy atom. The number of benzene rings is 1. The van der Waals surface area contributed by atoms with Crippen LogP contribution in [0.4, 0.5) is 5.88 Å². The van der Waals surface area contributed by atoms with E-state index in [1.807, 2.05) is 42.3 Å². The molecule has 2 aromatic rings. The number of hydrogen-bond acceptors (Lipinski definition) is 6. The molecule has 1 fully saturated rings. The molecule has 1 aromatic carbocycles. The first kappa shape index (κ1) is 13.0. The summed E-state index contributed by atoms with van der Waals surface area (Å²) in [7, 11) is 1.84. The number of likely N-dealkylation sites (N-methyl/N-ethyl adjacent to an activating group) is 1. The van der Waals surface area contributed by atoms with Gasteiger partial charge in [0.2, 0.25) is 11.6 Å². The molecular formula is C14H16N2O4. The van der Waals surface area contributed by atoms with Crippen LogP contribution >= 0.6 is 0 Å². The molecule has 0 amide bonds. The van der Waals surface area contributed by atoms with Gasteiger partial charge in [0, 0.05) is 19.2 Å². The van der Waals surface area contributed by atoms with E-state index in [0.717, 1.165) is 12.1 Å². The fraction of sp³-hybridized carbons (Fsp3) is 0.357. The summed E-state index contributed by atoms with van der Waals surface area (Å²) in [6.45, 7) is 1.97. The Morgan fingerprint density at radius 3 is 2.75 bits per heavy atom. The molecule has 6 heteroatoms. The first-order chi connectivity index (χ1) is 9.75. The lowest BCUT2D eigenvalue weighted by molar-refractivity contribution is 0.0761. The molecule has 1 aromatic heterocycles. The first-order valence-electron chi connectivity index (χ1n) is 6.49. The minimum absolute atomic E-state index is 0.0491. The van der Waals surface area contributed by atoms with Gasteiger partial charge in [-0.25, -0.2) is 4.79 Å². The van der Waals surface area contributed by atoms with Crippen molar-refractivity contribution in [3.63, 3.8) is 0 Å². The molecule has 3 rings (SSSR count). The number of ether oxygens (including phenoxy) is 1. The molecule has 20 heavy (non-hydrogen) atoms. The van der Waals surface area contributed by atoms with Crippen molar-refractivity contribution in [2.45, 2.75) is 6.17 Å². The maximum Gasteiger partial charge on any atom is 0.521 e. The average molecular weight is 276 g/mol. The van der Waals surface area contributed by atoms with Crippen molar-refractivity contribution < 1.29 is 13.6 Å². The first-order valence-corrected chi connectivity index (χ1v) is 6.49. The molecule has 0 spiro atoms. The summed E-state index contributed by atoms with van der Waals surface area (Å²) < 4.78 is 15.8. The Hall–Kier alpha value is -2.05. The predicted molar refractivity (Wildman–Crippen MR) is 73.7 cm³/mol. The van der Waals surface area contributed by atoms with Gasteiger partial charge in [0.1, 0.15) is 6.17 Å². The van der Waals surface area contributed by atoms with Crippen LogP contribution in [-0.2, 0) is 4.74 Å². The lowest BCUT2D eigenvalue weighted by Crippen LogP contribution is -2.51. The van der Waals surface area contributed by atoms with E-state index < -0.39 is 5.82 Å². The van der Waals surface area contributed by atoms with Gasteiger partial charge < -0.3 is 18.5 Å². The third-order valence-corrected chi connectivity index (χ3v) is 3.29. The molecular weight excluding hydrogens is 260 g/mol. The van der Waals surface area contributed by atoms with E-state index in [4.69, 9.17) is 13.6 Å². The van der Waals surface area contributed by atoms with Gasteiger partial charge in [0.15, 0.2) is 0 Å². The maximum absolute atomic E-state index is 11.5. The van der Waals surface area contributed by atoms with Crippen LogP contribution in [0, 0.1) is 0 Å². The number of anilines is 1. The van der Waals surface area contributed by atoms with Crippen molar-refractivity contribution in [2.24, 2.45) is 0 Å². The number of rotatable bonds is 3. The van der Waals surface area contributed by atoms with Crippen LogP contribution in [0.1, 0.15) is 0 Å². The van der Waals surface area contributed by atoms with E-state index in [2.05, 4.69) is 5.32 Å². The summed E-state index contributed by atoms with van der Waals surface area (Å²) in [5.74, 6) is 0.136. The molecule has 6 nitrogen and oxygen atoms in total. The Bertz CT molecular complexity index is 614.